The van der Waals surface area contributed by atoms with Crippen LogP contribution in [-0.2, 0) is 27.3 Å². The van der Waals surface area contributed by atoms with Crippen LogP contribution in [0.5, 0.6) is 0 Å². The van der Waals surface area contributed by atoms with E-state index in [0.29, 0.717) is 32.6 Å². The van der Waals surface area contributed by atoms with Gasteiger partial charge in [-0.1, -0.05) is 56.3 Å². The first kappa shape index (κ1) is 24.5. The van der Waals surface area contributed by atoms with Gasteiger partial charge in [0.2, 0.25) is 11.8 Å². The molecule has 0 spiro atoms. The minimum absolute atomic E-state index is 0.116. The molecule has 168 valence electrons. The van der Waals surface area contributed by atoms with E-state index in [1.54, 1.807) is 17.0 Å². The van der Waals surface area contributed by atoms with Crippen LogP contribution in [0.15, 0.2) is 54.6 Å². The lowest BCUT2D eigenvalue weighted by Gasteiger charge is -2.32. The molecule has 0 heterocycles. The monoisotopic (exact) mass is 428 g/mol. The van der Waals surface area contributed by atoms with Crippen molar-refractivity contribution < 1.29 is 18.7 Å². The molecule has 0 radical (unpaired) electrons. The van der Waals surface area contributed by atoms with Crippen LogP contribution in [-0.4, -0.2) is 42.5 Å². The maximum Gasteiger partial charge on any atom is 0.243 e. The van der Waals surface area contributed by atoms with E-state index in [1.807, 2.05) is 51.1 Å². The van der Waals surface area contributed by atoms with Crippen molar-refractivity contribution in [2.75, 3.05) is 19.8 Å². The van der Waals surface area contributed by atoms with Crippen LogP contribution in [0.4, 0.5) is 4.39 Å². The van der Waals surface area contributed by atoms with Crippen molar-refractivity contribution in [2.45, 2.75) is 46.2 Å². The van der Waals surface area contributed by atoms with E-state index in [0.717, 1.165) is 11.1 Å². The third-order valence-corrected chi connectivity index (χ3v) is 4.96. The highest BCUT2D eigenvalue weighted by Crippen LogP contribution is 2.17. The van der Waals surface area contributed by atoms with Gasteiger partial charge in [-0.2, -0.15) is 0 Å². The summed E-state index contributed by atoms with van der Waals surface area (Å²) in [6, 6.07) is 15.0. The summed E-state index contributed by atoms with van der Waals surface area (Å²) in [5.41, 5.74) is 1.75. The second-order valence-corrected chi connectivity index (χ2v) is 7.79. The van der Waals surface area contributed by atoms with Gasteiger partial charge in [0.1, 0.15) is 11.9 Å². The number of ether oxygens (including phenoxy) is 1. The van der Waals surface area contributed by atoms with Crippen molar-refractivity contribution in [2.24, 2.45) is 5.92 Å². The largest absolute Gasteiger partial charge is 0.382 e. The molecule has 0 fully saturated rings. The molecule has 0 aromatic heterocycles. The molecule has 2 rings (SSSR count). The molecule has 1 N–H and O–H groups in total. The fourth-order valence-corrected chi connectivity index (χ4v) is 3.29. The quantitative estimate of drug-likeness (QED) is 0.521. The Labute approximate surface area is 184 Å². The minimum Gasteiger partial charge on any atom is -0.382 e. The lowest BCUT2D eigenvalue weighted by Crippen LogP contribution is -2.51. The minimum atomic E-state index is -0.672. The first-order valence-electron chi connectivity index (χ1n) is 10.9. The highest BCUT2D eigenvalue weighted by Gasteiger charge is 2.31. The van der Waals surface area contributed by atoms with Gasteiger partial charge in [-0.15, -0.1) is 0 Å². The fourth-order valence-electron chi connectivity index (χ4n) is 3.29. The lowest BCUT2D eigenvalue weighted by atomic mass is 10.0. The SMILES string of the molecule is CCOCCCNC(=O)C(Cc1ccccc1)N(Cc1ccc(F)cc1)C(=O)C(C)C. The number of carbonyl (C=O) groups is 2. The molecule has 0 aliphatic heterocycles. The number of amides is 2. The van der Waals surface area contributed by atoms with Crippen LogP contribution < -0.4 is 5.32 Å². The molecule has 0 aliphatic rings. The zero-order valence-corrected chi connectivity index (χ0v) is 18.6. The van der Waals surface area contributed by atoms with Crippen LogP contribution >= 0.6 is 0 Å². The molecule has 2 aromatic carbocycles. The molecule has 1 unspecified atom stereocenters. The van der Waals surface area contributed by atoms with E-state index in [4.69, 9.17) is 4.74 Å². The molecular formula is C25H33FN2O3. The van der Waals surface area contributed by atoms with Gasteiger partial charge in [-0.3, -0.25) is 9.59 Å². The van der Waals surface area contributed by atoms with E-state index < -0.39 is 6.04 Å². The smallest absolute Gasteiger partial charge is 0.243 e. The normalized spacial score (nSPS) is 11.9. The Balaban J connectivity index is 2.26. The van der Waals surface area contributed by atoms with Gasteiger partial charge in [-0.05, 0) is 36.6 Å². The highest BCUT2D eigenvalue weighted by atomic mass is 19.1. The van der Waals surface area contributed by atoms with E-state index in [1.165, 1.54) is 12.1 Å². The Bertz CT molecular complexity index is 809. The predicted molar refractivity (Wildman–Crippen MR) is 120 cm³/mol. The highest BCUT2D eigenvalue weighted by molar-refractivity contribution is 5.88. The third-order valence-electron chi connectivity index (χ3n) is 4.96. The standard InChI is InChI=1S/C25H33FN2O3/c1-4-31-16-8-15-27-24(29)23(17-20-9-6-5-7-10-20)28(25(30)19(2)3)18-21-11-13-22(26)14-12-21/h5-7,9-14,19,23H,4,8,15-18H2,1-3H3,(H,27,29). The molecule has 31 heavy (non-hydrogen) atoms. The van der Waals surface area contributed by atoms with Crippen molar-refractivity contribution in [3.05, 3.63) is 71.5 Å². The summed E-state index contributed by atoms with van der Waals surface area (Å²) in [6.45, 7) is 7.49. The molecule has 6 heteroatoms. The number of benzene rings is 2. The Hall–Kier alpha value is -2.73. The van der Waals surface area contributed by atoms with Crippen molar-refractivity contribution in [3.63, 3.8) is 0 Å². The summed E-state index contributed by atoms with van der Waals surface area (Å²) in [6.07, 6.45) is 1.10. The zero-order chi connectivity index (χ0) is 22.6. The maximum atomic E-state index is 13.4. The number of hydrogen-bond acceptors (Lipinski definition) is 3. The maximum absolute atomic E-state index is 13.4. The summed E-state index contributed by atoms with van der Waals surface area (Å²) in [4.78, 5) is 27.9. The van der Waals surface area contributed by atoms with Gasteiger partial charge in [0, 0.05) is 38.6 Å². The van der Waals surface area contributed by atoms with Gasteiger partial charge in [-0.25, -0.2) is 4.39 Å². The summed E-state index contributed by atoms with van der Waals surface area (Å²) in [5, 5.41) is 2.96. The molecule has 1 atom stereocenters. The van der Waals surface area contributed by atoms with Crippen LogP contribution in [0.3, 0.4) is 0 Å². The average Bonchev–Trinajstić information content (AvgIpc) is 2.77. The molecule has 5 nitrogen and oxygen atoms in total. The van der Waals surface area contributed by atoms with Crippen LogP contribution in [0, 0.1) is 11.7 Å². The van der Waals surface area contributed by atoms with E-state index >= 15 is 0 Å². The summed E-state index contributed by atoms with van der Waals surface area (Å²) in [5.74, 6) is -0.922. The molecule has 0 saturated heterocycles. The molecular weight excluding hydrogens is 395 g/mol. The summed E-state index contributed by atoms with van der Waals surface area (Å²) in [7, 11) is 0. The number of hydrogen-bond donors (Lipinski definition) is 1. The van der Waals surface area contributed by atoms with Gasteiger partial charge >= 0.3 is 0 Å². The number of nitrogens with zero attached hydrogens (tertiary/aromatic N) is 1. The molecule has 2 aromatic rings. The summed E-state index contributed by atoms with van der Waals surface area (Å²) >= 11 is 0. The lowest BCUT2D eigenvalue weighted by molar-refractivity contribution is -0.143. The van der Waals surface area contributed by atoms with E-state index in [2.05, 4.69) is 5.32 Å². The Kier molecular flexibility index (Phi) is 10.2. The van der Waals surface area contributed by atoms with Gasteiger partial charge in [0.25, 0.3) is 0 Å². The van der Waals surface area contributed by atoms with Crippen molar-refractivity contribution in [3.8, 4) is 0 Å². The number of rotatable bonds is 12. The number of nitrogens with one attached hydrogen (secondary N) is 1. The van der Waals surface area contributed by atoms with E-state index in [-0.39, 0.29) is 30.1 Å². The summed E-state index contributed by atoms with van der Waals surface area (Å²) < 4.78 is 18.7. The Morgan fingerprint density at radius 1 is 1.03 bits per heavy atom. The Morgan fingerprint density at radius 3 is 2.32 bits per heavy atom. The number of halogens is 1. The second kappa shape index (κ2) is 12.8. The molecule has 0 aliphatic carbocycles. The Morgan fingerprint density at radius 2 is 1.71 bits per heavy atom. The van der Waals surface area contributed by atoms with Gasteiger partial charge in [0.05, 0.1) is 0 Å². The average molecular weight is 429 g/mol. The first-order valence-corrected chi connectivity index (χ1v) is 10.9. The molecule has 2 amide bonds. The number of carbonyl (C=O) groups excluding carboxylic acids is 2. The van der Waals surface area contributed by atoms with Crippen molar-refractivity contribution in [1.29, 1.82) is 0 Å². The third kappa shape index (κ3) is 8.13. The van der Waals surface area contributed by atoms with Crippen LogP contribution in [0.2, 0.25) is 0 Å². The van der Waals surface area contributed by atoms with Crippen LogP contribution in [0.1, 0.15) is 38.3 Å². The van der Waals surface area contributed by atoms with Crippen molar-refractivity contribution >= 4 is 11.8 Å². The van der Waals surface area contributed by atoms with Gasteiger partial charge < -0.3 is 15.0 Å². The van der Waals surface area contributed by atoms with Crippen molar-refractivity contribution in [1.82, 2.24) is 10.2 Å². The fraction of sp³-hybridized carbons (Fsp3) is 0.440. The zero-order valence-electron chi connectivity index (χ0n) is 18.6. The topological polar surface area (TPSA) is 58.6 Å². The second-order valence-electron chi connectivity index (χ2n) is 7.79. The first-order chi connectivity index (χ1) is 14.9. The molecule has 0 saturated carbocycles. The molecule has 0 bridgehead atoms. The predicted octanol–water partition coefficient (Wildman–Crippen LogP) is 3.96. The van der Waals surface area contributed by atoms with Gasteiger partial charge in [0.15, 0.2) is 0 Å². The van der Waals surface area contributed by atoms with E-state index in [9.17, 15) is 14.0 Å². The van der Waals surface area contributed by atoms with Crippen LogP contribution in [0.25, 0.3) is 0 Å².